The molecule has 0 radical (unpaired) electrons. The first kappa shape index (κ1) is 18.0. The standard InChI is InChI=1S/C14H23FN2O3S/c1-11(2)10-20-7-6-17-21(18,19)14-8-12(9-16-3)4-5-13(14)15/h4-5,8,11,16-17H,6-7,9-10H2,1-3H3. The normalized spacial score (nSPS) is 12.0. The van der Waals surface area contributed by atoms with Crippen LogP contribution in [0.4, 0.5) is 4.39 Å². The second-order valence-electron chi connectivity index (χ2n) is 5.16. The van der Waals surface area contributed by atoms with E-state index in [0.29, 0.717) is 24.6 Å². The first-order chi connectivity index (χ1) is 9.86. The molecule has 0 aliphatic rings. The molecule has 7 heteroatoms. The molecule has 0 fully saturated rings. The third-order valence-electron chi connectivity index (χ3n) is 2.66. The highest BCUT2D eigenvalue weighted by Crippen LogP contribution is 2.16. The third kappa shape index (κ3) is 6.09. The minimum Gasteiger partial charge on any atom is -0.380 e. The van der Waals surface area contributed by atoms with Gasteiger partial charge in [0.25, 0.3) is 0 Å². The topological polar surface area (TPSA) is 67.4 Å². The second-order valence-corrected chi connectivity index (χ2v) is 6.90. The summed E-state index contributed by atoms with van der Waals surface area (Å²) in [5, 5.41) is 2.89. The molecule has 1 rings (SSSR count). The quantitative estimate of drug-likeness (QED) is 0.677. The highest BCUT2D eigenvalue weighted by atomic mass is 32.2. The van der Waals surface area contributed by atoms with E-state index in [1.54, 1.807) is 13.1 Å². The Morgan fingerprint density at radius 2 is 2.05 bits per heavy atom. The van der Waals surface area contributed by atoms with E-state index in [4.69, 9.17) is 4.74 Å². The van der Waals surface area contributed by atoms with Crippen molar-refractivity contribution >= 4 is 10.0 Å². The lowest BCUT2D eigenvalue weighted by Crippen LogP contribution is -2.28. The molecule has 0 bridgehead atoms. The Bertz CT molecular complexity index is 547. The monoisotopic (exact) mass is 318 g/mol. The summed E-state index contributed by atoms with van der Waals surface area (Å²) in [7, 11) is -2.13. The summed E-state index contributed by atoms with van der Waals surface area (Å²) in [6.07, 6.45) is 0. The second kappa shape index (κ2) is 8.43. The van der Waals surface area contributed by atoms with Crippen LogP contribution in [0.2, 0.25) is 0 Å². The maximum absolute atomic E-state index is 13.7. The molecule has 5 nitrogen and oxygen atoms in total. The van der Waals surface area contributed by atoms with Gasteiger partial charge in [0.1, 0.15) is 10.7 Å². The molecule has 0 amide bonds. The number of hydrogen-bond acceptors (Lipinski definition) is 4. The van der Waals surface area contributed by atoms with Crippen molar-refractivity contribution in [2.24, 2.45) is 5.92 Å². The Morgan fingerprint density at radius 3 is 2.67 bits per heavy atom. The lowest BCUT2D eigenvalue weighted by Gasteiger charge is -2.10. The summed E-state index contributed by atoms with van der Waals surface area (Å²) in [6.45, 7) is 5.42. The molecule has 1 aromatic carbocycles. The summed E-state index contributed by atoms with van der Waals surface area (Å²) in [6, 6.07) is 4.05. The van der Waals surface area contributed by atoms with Crippen LogP contribution >= 0.6 is 0 Å². The Labute approximate surface area is 125 Å². The maximum Gasteiger partial charge on any atom is 0.243 e. The number of benzene rings is 1. The third-order valence-corrected chi connectivity index (χ3v) is 4.13. The summed E-state index contributed by atoms with van der Waals surface area (Å²) in [5.41, 5.74) is 0.704. The van der Waals surface area contributed by atoms with Crippen LogP contribution in [0.1, 0.15) is 19.4 Å². The van der Waals surface area contributed by atoms with E-state index in [9.17, 15) is 12.8 Å². The van der Waals surface area contributed by atoms with Crippen molar-refractivity contribution < 1.29 is 17.5 Å². The van der Waals surface area contributed by atoms with Crippen LogP contribution in [0.25, 0.3) is 0 Å². The molecule has 0 atom stereocenters. The molecule has 21 heavy (non-hydrogen) atoms. The van der Waals surface area contributed by atoms with Crippen LogP contribution in [0, 0.1) is 11.7 Å². The van der Waals surface area contributed by atoms with Crippen LogP contribution in [-0.4, -0.2) is 35.2 Å². The molecule has 120 valence electrons. The molecule has 0 saturated heterocycles. The molecular weight excluding hydrogens is 295 g/mol. The van der Waals surface area contributed by atoms with Gasteiger partial charge >= 0.3 is 0 Å². The van der Waals surface area contributed by atoms with Gasteiger partial charge in [-0.1, -0.05) is 19.9 Å². The van der Waals surface area contributed by atoms with Crippen molar-refractivity contribution in [3.8, 4) is 0 Å². The average Bonchev–Trinajstić information content (AvgIpc) is 2.40. The molecule has 1 aromatic rings. The van der Waals surface area contributed by atoms with Crippen molar-refractivity contribution in [1.82, 2.24) is 10.0 Å². The lowest BCUT2D eigenvalue weighted by molar-refractivity contribution is 0.114. The van der Waals surface area contributed by atoms with Gasteiger partial charge in [-0.05, 0) is 30.7 Å². The number of ether oxygens (including phenoxy) is 1. The Morgan fingerprint density at radius 1 is 1.33 bits per heavy atom. The predicted molar refractivity (Wildman–Crippen MR) is 80.0 cm³/mol. The molecule has 0 heterocycles. The zero-order valence-corrected chi connectivity index (χ0v) is 13.5. The van der Waals surface area contributed by atoms with Crippen molar-refractivity contribution in [2.45, 2.75) is 25.3 Å². The number of halogens is 1. The molecule has 2 N–H and O–H groups in total. The van der Waals surface area contributed by atoms with E-state index in [2.05, 4.69) is 10.0 Å². The van der Waals surface area contributed by atoms with E-state index < -0.39 is 15.8 Å². The highest BCUT2D eigenvalue weighted by Gasteiger charge is 2.19. The van der Waals surface area contributed by atoms with Gasteiger partial charge in [0, 0.05) is 19.7 Å². The molecule has 0 aromatic heterocycles. The van der Waals surface area contributed by atoms with Crippen LogP contribution in [0.3, 0.4) is 0 Å². The minimum atomic E-state index is -3.87. The summed E-state index contributed by atoms with van der Waals surface area (Å²) in [5.74, 6) is -0.372. The van der Waals surface area contributed by atoms with E-state index in [-0.39, 0.29) is 18.0 Å². The Balaban J connectivity index is 2.67. The number of nitrogens with one attached hydrogen (secondary N) is 2. The fourth-order valence-electron chi connectivity index (χ4n) is 1.71. The Kier molecular flexibility index (Phi) is 7.24. The van der Waals surface area contributed by atoms with E-state index in [1.165, 1.54) is 6.07 Å². The summed E-state index contributed by atoms with van der Waals surface area (Å²) in [4.78, 5) is -0.334. The molecule has 0 spiro atoms. The smallest absolute Gasteiger partial charge is 0.243 e. The van der Waals surface area contributed by atoms with Crippen molar-refractivity contribution in [3.05, 3.63) is 29.6 Å². The molecule has 0 aliphatic carbocycles. The van der Waals surface area contributed by atoms with Gasteiger partial charge in [0.05, 0.1) is 6.61 Å². The summed E-state index contributed by atoms with van der Waals surface area (Å²) >= 11 is 0. The van der Waals surface area contributed by atoms with Crippen LogP contribution in [-0.2, 0) is 21.3 Å². The zero-order valence-electron chi connectivity index (χ0n) is 12.6. The van der Waals surface area contributed by atoms with E-state index >= 15 is 0 Å². The van der Waals surface area contributed by atoms with Crippen molar-refractivity contribution in [2.75, 3.05) is 26.8 Å². The van der Waals surface area contributed by atoms with Gasteiger partial charge in [-0.3, -0.25) is 0 Å². The van der Waals surface area contributed by atoms with Crippen molar-refractivity contribution in [3.63, 3.8) is 0 Å². The van der Waals surface area contributed by atoms with Crippen molar-refractivity contribution in [1.29, 1.82) is 0 Å². The first-order valence-corrected chi connectivity index (χ1v) is 8.35. The van der Waals surface area contributed by atoms with Gasteiger partial charge in [-0.25, -0.2) is 17.5 Å². The van der Waals surface area contributed by atoms with E-state index in [1.807, 2.05) is 13.8 Å². The van der Waals surface area contributed by atoms with Crippen LogP contribution in [0.5, 0.6) is 0 Å². The number of sulfonamides is 1. The SMILES string of the molecule is CNCc1ccc(F)c(S(=O)(=O)NCCOCC(C)C)c1. The summed E-state index contributed by atoms with van der Waals surface area (Å²) < 4.78 is 45.5. The molecule has 0 aliphatic heterocycles. The number of hydrogen-bond donors (Lipinski definition) is 2. The molecular formula is C14H23FN2O3S. The fraction of sp³-hybridized carbons (Fsp3) is 0.571. The zero-order chi connectivity index (χ0) is 15.9. The lowest BCUT2D eigenvalue weighted by atomic mass is 10.2. The number of rotatable bonds is 9. The Hall–Kier alpha value is -1.02. The average molecular weight is 318 g/mol. The highest BCUT2D eigenvalue weighted by molar-refractivity contribution is 7.89. The first-order valence-electron chi connectivity index (χ1n) is 6.87. The minimum absolute atomic E-state index is 0.116. The molecule has 0 unspecified atom stereocenters. The van der Waals surface area contributed by atoms with Gasteiger partial charge in [-0.2, -0.15) is 0 Å². The molecule has 0 saturated carbocycles. The predicted octanol–water partition coefficient (Wildman–Crippen LogP) is 1.50. The van der Waals surface area contributed by atoms with Crippen LogP contribution in [0.15, 0.2) is 23.1 Å². The fourth-order valence-corrected chi connectivity index (χ4v) is 2.85. The van der Waals surface area contributed by atoms with Gasteiger partial charge in [0.15, 0.2) is 0 Å². The largest absolute Gasteiger partial charge is 0.380 e. The van der Waals surface area contributed by atoms with Crippen LogP contribution < -0.4 is 10.0 Å². The van der Waals surface area contributed by atoms with E-state index in [0.717, 1.165) is 6.07 Å². The van der Waals surface area contributed by atoms with Gasteiger partial charge in [0.2, 0.25) is 10.0 Å². The van der Waals surface area contributed by atoms with Gasteiger partial charge < -0.3 is 10.1 Å². The van der Waals surface area contributed by atoms with Gasteiger partial charge in [-0.15, -0.1) is 0 Å². The maximum atomic E-state index is 13.7.